The highest BCUT2D eigenvalue weighted by atomic mass is 35.5. The normalized spacial score (nSPS) is 11.2. The molecule has 8 heteroatoms. The van der Waals surface area contributed by atoms with E-state index in [1.165, 1.54) is 16.3 Å². The van der Waals surface area contributed by atoms with Gasteiger partial charge in [0.1, 0.15) is 5.75 Å². The summed E-state index contributed by atoms with van der Waals surface area (Å²) in [5.74, 6) is 0.454. The van der Waals surface area contributed by atoms with E-state index in [9.17, 15) is 4.79 Å². The van der Waals surface area contributed by atoms with E-state index >= 15 is 0 Å². The van der Waals surface area contributed by atoms with Gasteiger partial charge in [-0.25, -0.2) is 4.98 Å². The van der Waals surface area contributed by atoms with Crippen molar-refractivity contribution in [3.05, 3.63) is 75.4 Å². The first kappa shape index (κ1) is 18.6. The monoisotopic (exact) mass is 427 g/mol. The summed E-state index contributed by atoms with van der Waals surface area (Å²) in [5, 5.41) is 8.75. The van der Waals surface area contributed by atoms with Crippen molar-refractivity contribution in [3.8, 4) is 5.75 Å². The fourth-order valence-electron chi connectivity index (χ4n) is 2.49. The average molecular weight is 428 g/mol. The van der Waals surface area contributed by atoms with Gasteiger partial charge in [-0.1, -0.05) is 29.0 Å². The van der Waals surface area contributed by atoms with Gasteiger partial charge in [0.15, 0.2) is 0 Å². The summed E-state index contributed by atoms with van der Waals surface area (Å²) >= 11 is 8.87. The summed E-state index contributed by atoms with van der Waals surface area (Å²) in [6.45, 7) is 0. The van der Waals surface area contributed by atoms with E-state index in [-0.39, 0.29) is 5.91 Å². The molecule has 0 aliphatic carbocycles. The van der Waals surface area contributed by atoms with Crippen LogP contribution >= 0.6 is 34.3 Å². The van der Waals surface area contributed by atoms with Crippen molar-refractivity contribution in [1.29, 1.82) is 0 Å². The summed E-state index contributed by atoms with van der Waals surface area (Å²) in [5.41, 5.74) is 1.26. The lowest BCUT2D eigenvalue weighted by atomic mass is 10.2. The van der Waals surface area contributed by atoms with Crippen molar-refractivity contribution in [2.75, 3.05) is 12.1 Å². The summed E-state index contributed by atoms with van der Waals surface area (Å²) in [6, 6.07) is 16.2. The lowest BCUT2D eigenvalue weighted by Gasteiger charge is -2.13. The minimum atomic E-state index is -0.282. The van der Waals surface area contributed by atoms with Crippen LogP contribution in [0.4, 0.5) is 5.13 Å². The highest BCUT2D eigenvalue weighted by Gasteiger charge is 2.21. The number of fused-ring (bicyclic) bond motifs is 1. The molecule has 2 aromatic carbocycles. The number of rotatable bonds is 5. The molecule has 0 saturated heterocycles. The lowest BCUT2D eigenvalue weighted by Crippen LogP contribution is -2.25. The van der Waals surface area contributed by atoms with Gasteiger partial charge < -0.3 is 4.74 Å². The number of halogens is 1. The molecule has 2 heterocycles. The van der Waals surface area contributed by atoms with Gasteiger partial charge in [-0.2, -0.15) is 10.1 Å². The number of hydrogen-bond acceptors (Lipinski definition) is 6. The first-order chi connectivity index (χ1) is 13.6. The number of amides is 1. The molecule has 0 spiro atoms. The maximum Gasteiger partial charge on any atom is 0.280 e. The van der Waals surface area contributed by atoms with Crippen LogP contribution in [-0.2, 0) is 0 Å². The van der Waals surface area contributed by atoms with Crippen molar-refractivity contribution in [2.24, 2.45) is 5.10 Å². The van der Waals surface area contributed by atoms with Gasteiger partial charge >= 0.3 is 0 Å². The molecule has 0 bridgehead atoms. The topological polar surface area (TPSA) is 54.8 Å². The number of carbonyl (C=O) groups excluding carboxylic acids is 1. The Morgan fingerprint density at radius 1 is 1.21 bits per heavy atom. The standard InChI is InChI=1S/C20H14ClN3O2S2/c1-26-15-8-9-17-18(11-15)28-20(23-17)24(22-12-16-3-2-10-27-16)19(25)13-4-6-14(21)7-5-13/h2-12H,1H3/b22-12+. The predicted molar refractivity (Wildman–Crippen MR) is 116 cm³/mol. The van der Waals surface area contributed by atoms with Crippen molar-refractivity contribution < 1.29 is 9.53 Å². The Hall–Kier alpha value is -2.74. The number of carbonyl (C=O) groups is 1. The quantitative estimate of drug-likeness (QED) is 0.303. The van der Waals surface area contributed by atoms with Crippen LogP contribution < -0.4 is 9.75 Å². The van der Waals surface area contributed by atoms with Gasteiger partial charge in [-0.15, -0.1) is 11.3 Å². The Morgan fingerprint density at radius 2 is 2.04 bits per heavy atom. The van der Waals surface area contributed by atoms with Gasteiger partial charge in [0, 0.05) is 15.5 Å². The van der Waals surface area contributed by atoms with Gasteiger partial charge in [-0.05, 0) is 53.9 Å². The third-order valence-corrected chi connectivity index (χ3v) is 5.95. The summed E-state index contributed by atoms with van der Waals surface area (Å²) in [4.78, 5) is 18.7. The largest absolute Gasteiger partial charge is 0.497 e. The molecule has 0 aliphatic rings. The molecule has 0 unspecified atom stereocenters. The Balaban J connectivity index is 1.75. The van der Waals surface area contributed by atoms with E-state index < -0.39 is 0 Å². The van der Waals surface area contributed by atoms with E-state index in [1.54, 1.807) is 48.9 Å². The molecule has 0 atom stereocenters. The Morgan fingerprint density at radius 3 is 2.75 bits per heavy atom. The van der Waals surface area contributed by atoms with Crippen LogP contribution in [0.5, 0.6) is 5.75 Å². The molecule has 28 heavy (non-hydrogen) atoms. The fourth-order valence-corrected chi connectivity index (χ4v) is 4.15. The fraction of sp³-hybridized carbons (Fsp3) is 0.0500. The molecule has 4 aromatic rings. The van der Waals surface area contributed by atoms with Crippen molar-refractivity contribution in [1.82, 2.24) is 4.98 Å². The molecule has 1 amide bonds. The third-order valence-electron chi connectivity index (χ3n) is 3.89. The molecule has 0 fully saturated rings. The molecular formula is C20H14ClN3O2S2. The lowest BCUT2D eigenvalue weighted by molar-refractivity contribution is 0.0988. The van der Waals surface area contributed by atoms with E-state index in [2.05, 4.69) is 10.1 Å². The van der Waals surface area contributed by atoms with Crippen LogP contribution in [0.1, 0.15) is 15.2 Å². The van der Waals surface area contributed by atoms with Crippen LogP contribution in [0, 0.1) is 0 Å². The molecule has 140 valence electrons. The number of thiophene rings is 1. The zero-order chi connectivity index (χ0) is 19.5. The summed E-state index contributed by atoms with van der Waals surface area (Å²) in [6.07, 6.45) is 1.66. The van der Waals surface area contributed by atoms with Crippen LogP contribution in [0.3, 0.4) is 0 Å². The van der Waals surface area contributed by atoms with Crippen LogP contribution in [0.15, 0.2) is 65.1 Å². The number of nitrogens with zero attached hydrogens (tertiary/aromatic N) is 3. The molecule has 4 rings (SSSR count). The molecule has 0 radical (unpaired) electrons. The second kappa shape index (κ2) is 8.10. The number of aromatic nitrogens is 1. The van der Waals surface area contributed by atoms with E-state index in [0.717, 1.165) is 20.8 Å². The first-order valence-corrected chi connectivity index (χ1v) is 10.3. The highest BCUT2D eigenvalue weighted by Crippen LogP contribution is 2.32. The second-order valence-electron chi connectivity index (χ2n) is 5.71. The predicted octanol–water partition coefficient (Wildman–Crippen LogP) is 5.70. The molecule has 2 aromatic heterocycles. The SMILES string of the molecule is COc1ccc2nc(N(/N=C/c3cccs3)C(=O)c3ccc(Cl)cc3)sc2c1. The van der Waals surface area contributed by atoms with Gasteiger partial charge in [0.2, 0.25) is 5.13 Å². The van der Waals surface area contributed by atoms with Crippen molar-refractivity contribution >= 4 is 61.7 Å². The number of thiazole rings is 1. The number of ether oxygens (including phenoxy) is 1. The van der Waals surface area contributed by atoms with E-state index in [0.29, 0.717) is 15.7 Å². The van der Waals surface area contributed by atoms with Gasteiger partial charge in [0.25, 0.3) is 5.91 Å². The number of methoxy groups -OCH3 is 1. The van der Waals surface area contributed by atoms with Crippen LogP contribution in [0.25, 0.3) is 10.2 Å². The zero-order valence-corrected chi connectivity index (χ0v) is 17.1. The summed E-state index contributed by atoms with van der Waals surface area (Å²) in [7, 11) is 1.62. The molecular weight excluding hydrogens is 414 g/mol. The Bertz CT molecular complexity index is 1140. The van der Waals surface area contributed by atoms with Crippen molar-refractivity contribution in [2.45, 2.75) is 0 Å². The Kier molecular flexibility index (Phi) is 5.38. The van der Waals surface area contributed by atoms with Gasteiger partial charge in [0.05, 0.1) is 23.5 Å². The first-order valence-electron chi connectivity index (χ1n) is 8.26. The number of hydrogen-bond donors (Lipinski definition) is 0. The van der Waals surface area contributed by atoms with Crippen LogP contribution in [0.2, 0.25) is 5.02 Å². The zero-order valence-electron chi connectivity index (χ0n) is 14.7. The smallest absolute Gasteiger partial charge is 0.280 e. The number of anilines is 1. The number of benzene rings is 2. The summed E-state index contributed by atoms with van der Waals surface area (Å²) < 4.78 is 6.19. The maximum absolute atomic E-state index is 13.1. The average Bonchev–Trinajstić information content (AvgIpc) is 3.37. The Labute approximate surface area is 174 Å². The van der Waals surface area contributed by atoms with Gasteiger partial charge in [-0.3, -0.25) is 4.79 Å². The third kappa shape index (κ3) is 3.91. The molecule has 0 N–H and O–H groups in total. The highest BCUT2D eigenvalue weighted by molar-refractivity contribution is 7.22. The number of hydrazone groups is 1. The van der Waals surface area contributed by atoms with Crippen molar-refractivity contribution in [3.63, 3.8) is 0 Å². The maximum atomic E-state index is 13.1. The second-order valence-corrected chi connectivity index (χ2v) is 8.14. The molecule has 5 nitrogen and oxygen atoms in total. The van der Waals surface area contributed by atoms with E-state index in [1.807, 2.05) is 35.7 Å². The molecule has 0 aliphatic heterocycles. The molecule has 0 saturated carbocycles. The van der Waals surface area contributed by atoms with Crippen LogP contribution in [-0.4, -0.2) is 24.2 Å². The minimum absolute atomic E-state index is 0.282. The van der Waals surface area contributed by atoms with E-state index in [4.69, 9.17) is 16.3 Å². The minimum Gasteiger partial charge on any atom is -0.497 e.